The highest BCUT2D eigenvalue weighted by Crippen LogP contribution is 2.20. The molecule has 1 aliphatic heterocycles. The molecule has 0 radical (unpaired) electrons. The first-order valence-corrected chi connectivity index (χ1v) is 13.1. The summed E-state index contributed by atoms with van der Waals surface area (Å²) in [5, 5.41) is 9.60. The van der Waals surface area contributed by atoms with E-state index in [1.54, 1.807) is 42.5 Å². The molecule has 0 saturated carbocycles. The summed E-state index contributed by atoms with van der Waals surface area (Å²) in [6.07, 6.45) is 1.77. The molecular formula is C28H30F3N7O3. The number of nitrogens with zero attached hydrogens (tertiary/aromatic N) is 5. The molecule has 2 amide bonds. The number of rotatable bonds is 9. The lowest BCUT2D eigenvalue weighted by molar-refractivity contribution is 0.0884. The van der Waals surface area contributed by atoms with E-state index < -0.39 is 18.9 Å². The maximum Gasteiger partial charge on any atom is 0.271 e. The van der Waals surface area contributed by atoms with Gasteiger partial charge in [-0.25, -0.2) is 27.7 Å². The van der Waals surface area contributed by atoms with Gasteiger partial charge in [0.15, 0.2) is 11.3 Å². The summed E-state index contributed by atoms with van der Waals surface area (Å²) in [5.74, 6) is 0.0735. The zero-order valence-corrected chi connectivity index (χ0v) is 22.3. The van der Waals surface area contributed by atoms with Crippen LogP contribution < -0.4 is 20.3 Å². The van der Waals surface area contributed by atoms with E-state index in [0.29, 0.717) is 49.0 Å². The summed E-state index contributed by atoms with van der Waals surface area (Å²) in [5.41, 5.74) is 0.797. The van der Waals surface area contributed by atoms with Gasteiger partial charge in [-0.3, -0.25) is 9.59 Å². The number of imidazole rings is 1. The largest absolute Gasteiger partial charge is 0.492 e. The number of fused-ring (bicyclic) bond motifs is 1. The number of hydrogen-bond acceptors (Lipinski definition) is 7. The molecule has 0 unspecified atom stereocenters. The standard InChI is InChI=1S/C22H25F2N7O3.C6H5F/c1-2-9-34-15-3-4-16(25-10-15)21(32)28-14-7-8-30(13-14)20-6-5-19-26-11-17(31(19)29-20)22(33)27-12-18(23)24;7-6-4-2-1-3-5-6/h3-6,10-11,14,18H,2,7-9,12-13H2,1H3,(H,27,33)(H,28,32);1-5H/t14-;/m0./s1. The number of hydrogen-bond donors (Lipinski definition) is 2. The topological polar surface area (TPSA) is 114 Å². The Bertz CT molecular complexity index is 1440. The fourth-order valence-electron chi connectivity index (χ4n) is 4.03. The maximum absolute atomic E-state index is 12.6. The minimum Gasteiger partial charge on any atom is -0.492 e. The zero-order valence-electron chi connectivity index (χ0n) is 22.3. The molecule has 1 fully saturated rings. The van der Waals surface area contributed by atoms with Crippen molar-refractivity contribution in [2.45, 2.75) is 32.2 Å². The molecule has 41 heavy (non-hydrogen) atoms. The third-order valence-corrected chi connectivity index (χ3v) is 6.02. The van der Waals surface area contributed by atoms with Gasteiger partial charge in [-0.05, 0) is 49.2 Å². The van der Waals surface area contributed by atoms with E-state index in [1.165, 1.54) is 29.0 Å². The predicted octanol–water partition coefficient (Wildman–Crippen LogP) is 3.74. The van der Waals surface area contributed by atoms with Gasteiger partial charge in [0.05, 0.1) is 25.5 Å². The van der Waals surface area contributed by atoms with Gasteiger partial charge in [0.2, 0.25) is 0 Å². The smallest absolute Gasteiger partial charge is 0.271 e. The molecule has 1 aliphatic rings. The minimum absolute atomic E-state index is 0.0685. The number of ether oxygens (including phenoxy) is 1. The van der Waals surface area contributed by atoms with Crippen LogP contribution in [-0.4, -0.2) is 70.1 Å². The molecule has 2 N–H and O–H groups in total. The van der Waals surface area contributed by atoms with E-state index in [0.717, 1.165) is 6.42 Å². The molecule has 216 valence electrons. The van der Waals surface area contributed by atoms with Crippen molar-refractivity contribution in [2.24, 2.45) is 0 Å². The van der Waals surface area contributed by atoms with Crippen LogP contribution in [0.1, 0.15) is 40.7 Å². The second-order valence-electron chi connectivity index (χ2n) is 9.13. The molecule has 0 aliphatic carbocycles. The summed E-state index contributed by atoms with van der Waals surface area (Å²) < 4.78 is 43.6. The number of aromatic nitrogens is 4. The van der Waals surface area contributed by atoms with Crippen molar-refractivity contribution in [3.63, 3.8) is 0 Å². The maximum atomic E-state index is 12.6. The average molecular weight is 570 g/mol. The third kappa shape index (κ3) is 8.16. The summed E-state index contributed by atoms with van der Waals surface area (Å²) >= 11 is 0. The first-order valence-electron chi connectivity index (χ1n) is 13.1. The Hall–Kier alpha value is -4.68. The first kappa shape index (κ1) is 29.3. The molecule has 1 aromatic carbocycles. The third-order valence-electron chi connectivity index (χ3n) is 6.02. The molecule has 10 nitrogen and oxygen atoms in total. The Balaban J connectivity index is 0.000000483. The first-order chi connectivity index (χ1) is 19.8. The van der Waals surface area contributed by atoms with Crippen molar-refractivity contribution >= 4 is 23.3 Å². The fourth-order valence-corrected chi connectivity index (χ4v) is 4.03. The molecule has 0 bridgehead atoms. The Morgan fingerprint density at radius 2 is 1.85 bits per heavy atom. The Morgan fingerprint density at radius 3 is 2.51 bits per heavy atom. The molecule has 13 heteroatoms. The van der Waals surface area contributed by atoms with E-state index in [1.807, 2.05) is 11.8 Å². The van der Waals surface area contributed by atoms with Gasteiger partial charge >= 0.3 is 0 Å². The summed E-state index contributed by atoms with van der Waals surface area (Å²) in [6, 6.07) is 14.6. The number of carbonyl (C=O) groups excluding carboxylic acids is 2. The van der Waals surface area contributed by atoms with E-state index in [-0.39, 0.29) is 23.5 Å². The highest BCUT2D eigenvalue weighted by Gasteiger charge is 2.26. The zero-order chi connectivity index (χ0) is 29.2. The van der Waals surface area contributed by atoms with Crippen LogP contribution in [-0.2, 0) is 0 Å². The van der Waals surface area contributed by atoms with E-state index in [2.05, 4.69) is 25.7 Å². The van der Waals surface area contributed by atoms with Gasteiger partial charge in [-0.15, -0.1) is 5.10 Å². The number of anilines is 1. The lowest BCUT2D eigenvalue weighted by Gasteiger charge is -2.18. The molecule has 3 aromatic heterocycles. The number of pyridine rings is 1. The fraction of sp³-hybridized carbons (Fsp3) is 0.321. The van der Waals surface area contributed by atoms with Gasteiger partial charge in [0.1, 0.15) is 23.1 Å². The number of alkyl halides is 2. The summed E-state index contributed by atoms with van der Waals surface area (Å²) in [6.45, 7) is 3.01. The lowest BCUT2D eigenvalue weighted by atomic mass is 10.2. The van der Waals surface area contributed by atoms with Crippen LogP contribution in [0.5, 0.6) is 5.75 Å². The van der Waals surface area contributed by atoms with Crippen molar-refractivity contribution in [1.82, 2.24) is 30.2 Å². The van der Waals surface area contributed by atoms with E-state index in [9.17, 15) is 22.8 Å². The highest BCUT2D eigenvalue weighted by atomic mass is 19.3. The molecule has 5 rings (SSSR count). The van der Waals surface area contributed by atoms with Crippen molar-refractivity contribution in [3.8, 4) is 5.75 Å². The number of carbonyl (C=O) groups is 2. The van der Waals surface area contributed by atoms with Crippen LogP contribution in [0, 0.1) is 5.82 Å². The molecule has 4 aromatic rings. The number of halogens is 3. The van der Waals surface area contributed by atoms with Crippen molar-refractivity contribution in [1.29, 1.82) is 0 Å². The second-order valence-corrected chi connectivity index (χ2v) is 9.13. The average Bonchev–Trinajstić information content (AvgIpc) is 3.62. The number of amides is 2. The lowest BCUT2D eigenvalue weighted by Crippen LogP contribution is -2.37. The molecule has 0 spiro atoms. The Labute approximate surface area is 234 Å². The molecule has 1 atom stereocenters. The van der Waals surface area contributed by atoms with Crippen LogP contribution in [0.3, 0.4) is 0 Å². The summed E-state index contributed by atoms with van der Waals surface area (Å²) in [7, 11) is 0. The SMILES string of the molecule is CCCOc1ccc(C(=O)N[C@H]2CCN(c3ccc4ncc(C(=O)NCC(F)F)n4n3)C2)nc1.Fc1ccccc1. The quantitative estimate of drug-likeness (QED) is 0.316. The second kappa shape index (κ2) is 14.1. The van der Waals surface area contributed by atoms with Gasteiger partial charge < -0.3 is 20.3 Å². The van der Waals surface area contributed by atoms with Gasteiger partial charge in [-0.2, -0.15) is 0 Å². The van der Waals surface area contributed by atoms with Crippen LogP contribution in [0.15, 0.2) is 67.0 Å². The monoisotopic (exact) mass is 569 g/mol. The molecule has 1 saturated heterocycles. The number of benzene rings is 1. The van der Waals surface area contributed by atoms with Gasteiger partial charge in [-0.1, -0.05) is 25.1 Å². The van der Waals surface area contributed by atoms with Crippen molar-refractivity contribution < 1.29 is 27.5 Å². The molecular weight excluding hydrogens is 539 g/mol. The summed E-state index contributed by atoms with van der Waals surface area (Å²) in [4.78, 5) is 35.0. The Kier molecular flexibility index (Phi) is 10.1. The van der Waals surface area contributed by atoms with Crippen LogP contribution in [0.25, 0.3) is 5.65 Å². The minimum atomic E-state index is -2.65. The van der Waals surface area contributed by atoms with Gasteiger partial charge in [0.25, 0.3) is 18.2 Å². The van der Waals surface area contributed by atoms with Crippen LogP contribution >= 0.6 is 0 Å². The predicted molar refractivity (Wildman–Crippen MR) is 146 cm³/mol. The highest BCUT2D eigenvalue weighted by molar-refractivity contribution is 5.93. The van der Waals surface area contributed by atoms with Crippen LogP contribution in [0.2, 0.25) is 0 Å². The Morgan fingerprint density at radius 1 is 1.05 bits per heavy atom. The van der Waals surface area contributed by atoms with Crippen molar-refractivity contribution in [3.05, 3.63) is 84.2 Å². The van der Waals surface area contributed by atoms with E-state index >= 15 is 0 Å². The molecule has 4 heterocycles. The van der Waals surface area contributed by atoms with E-state index in [4.69, 9.17) is 4.74 Å². The van der Waals surface area contributed by atoms with Crippen LogP contribution in [0.4, 0.5) is 19.0 Å². The van der Waals surface area contributed by atoms with Gasteiger partial charge in [0, 0.05) is 19.1 Å². The van der Waals surface area contributed by atoms with Crippen molar-refractivity contribution in [2.75, 3.05) is 31.1 Å². The normalized spacial score (nSPS) is 14.5. The number of nitrogens with one attached hydrogen (secondary N) is 2.